The van der Waals surface area contributed by atoms with E-state index in [0.717, 1.165) is 5.56 Å². The number of alkyl halides is 1. The predicted octanol–water partition coefficient (Wildman–Crippen LogP) is 2.35. The maximum Gasteiger partial charge on any atom is 0.0912 e. The Morgan fingerprint density at radius 1 is 1.50 bits per heavy atom. The van der Waals surface area contributed by atoms with Crippen molar-refractivity contribution in [3.63, 3.8) is 0 Å². The lowest BCUT2D eigenvalue weighted by Crippen LogP contribution is -2.10. The van der Waals surface area contributed by atoms with Crippen LogP contribution in [0.3, 0.4) is 0 Å². The van der Waals surface area contributed by atoms with E-state index in [9.17, 15) is 4.39 Å². The molecule has 0 aliphatic carbocycles. The van der Waals surface area contributed by atoms with Crippen LogP contribution in [0.5, 0.6) is 0 Å². The van der Waals surface area contributed by atoms with Crippen LogP contribution in [-0.2, 0) is 0 Å². The number of rotatable bonds is 3. The highest BCUT2D eigenvalue weighted by atomic mass is 19.1. The molecular weight excluding hydrogens is 153 g/mol. The summed E-state index contributed by atoms with van der Waals surface area (Å²) in [6.07, 6.45) is 0.406. The van der Waals surface area contributed by atoms with E-state index in [-0.39, 0.29) is 12.7 Å². The highest BCUT2D eigenvalue weighted by Gasteiger charge is 2.04. The van der Waals surface area contributed by atoms with Crippen molar-refractivity contribution >= 4 is 0 Å². The van der Waals surface area contributed by atoms with Crippen LogP contribution in [0, 0.1) is 6.92 Å². The third-order valence-corrected chi connectivity index (χ3v) is 1.89. The molecule has 0 radical (unpaired) electrons. The molecule has 2 heteroatoms. The molecule has 0 aliphatic heterocycles. The Bertz CT molecular complexity index is 247. The molecule has 0 heterocycles. The summed E-state index contributed by atoms with van der Waals surface area (Å²) in [4.78, 5) is 0. The summed E-state index contributed by atoms with van der Waals surface area (Å²) in [5.74, 6) is 0. The topological polar surface area (TPSA) is 26.0 Å². The number of halogens is 1. The molecule has 0 unspecified atom stereocenters. The number of nitrogens with two attached hydrogens (primary N) is 1. The summed E-state index contributed by atoms with van der Waals surface area (Å²) in [6.45, 7) is 1.65. The molecule has 66 valence electrons. The third-order valence-electron chi connectivity index (χ3n) is 1.89. The summed E-state index contributed by atoms with van der Waals surface area (Å²) in [5.41, 5.74) is 7.92. The first kappa shape index (κ1) is 9.20. The van der Waals surface area contributed by atoms with E-state index in [1.807, 2.05) is 31.2 Å². The van der Waals surface area contributed by atoms with Crippen LogP contribution in [0.2, 0.25) is 0 Å². The second-order valence-electron chi connectivity index (χ2n) is 3.00. The van der Waals surface area contributed by atoms with Gasteiger partial charge >= 0.3 is 0 Å². The van der Waals surface area contributed by atoms with Crippen LogP contribution in [0.15, 0.2) is 24.3 Å². The Morgan fingerprint density at radius 3 is 2.83 bits per heavy atom. The lowest BCUT2D eigenvalue weighted by molar-refractivity contribution is 0.442. The highest BCUT2D eigenvalue weighted by molar-refractivity contribution is 5.24. The van der Waals surface area contributed by atoms with Gasteiger partial charge in [-0.2, -0.15) is 0 Å². The van der Waals surface area contributed by atoms with Gasteiger partial charge in [0, 0.05) is 6.04 Å². The molecule has 1 nitrogen and oxygen atoms in total. The maximum atomic E-state index is 11.9. The van der Waals surface area contributed by atoms with Crippen molar-refractivity contribution in [3.8, 4) is 0 Å². The van der Waals surface area contributed by atoms with Gasteiger partial charge in [-0.3, -0.25) is 4.39 Å². The molecule has 0 fully saturated rings. The quantitative estimate of drug-likeness (QED) is 0.734. The molecule has 1 aromatic rings. The summed E-state index contributed by atoms with van der Waals surface area (Å²) >= 11 is 0. The lowest BCUT2D eigenvalue weighted by atomic mass is 10.0. The van der Waals surface area contributed by atoms with Gasteiger partial charge in [0.25, 0.3) is 0 Å². The van der Waals surface area contributed by atoms with E-state index in [1.165, 1.54) is 5.56 Å². The van der Waals surface area contributed by atoms with Gasteiger partial charge in [-0.05, 0) is 18.9 Å². The van der Waals surface area contributed by atoms with Gasteiger partial charge in [-0.15, -0.1) is 0 Å². The zero-order valence-electron chi connectivity index (χ0n) is 7.26. The molecule has 0 saturated carbocycles. The summed E-state index contributed by atoms with van der Waals surface area (Å²) < 4.78 is 11.9. The number of hydrogen-bond donors (Lipinski definition) is 1. The van der Waals surface area contributed by atoms with Gasteiger partial charge < -0.3 is 5.73 Å². The molecular formula is C10H14FN. The van der Waals surface area contributed by atoms with E-state index in [4.69, 9.17) is 5.73 Å². The first-order valence-electron chi connectivity index (χ1n) is 4.12. The number of aryl methyl sites for hydroxylation is 1. The van der Waals surface area contributed by atoms with E-state index in [2.05, 4.69) is 0 Å². The smallest absolute Gasteiger partial charge is 0.0912 e. The first-order chi connectivity index (χ1) is 5.74. The maximum absolute atomic E-state index is 11.9. The molecule has 0 amide bonds. The molecule has 1 atom stereocenters. The van der Waals surface area contributed by atoms with Crippen LogP contribution >= 0.6 is 0 Å². The molecule has 0 bridgehead atoms. The van der Waals surface area contributed by atoms with Crippen molar-refractivity contribution in [2.45, 2.75) is 19.4 Å². The molecule has 0 aliphatic rings. The second-order valence-corrected chi connectivity index (χ2v) is 3.00. The van der Waals surface area contributed by atoms with Crippen LogP contribution in [0.25, 0.3) is 0 Å². The van der Waals surface area contributed by atoms with Crippen molar-refractivity contribution in [2.24, 2.45) is 5.73 Å². The third kappa shape index (κ3) is 2.31. The average Bonchev–Trinajstić information content (AvgIpc) is 2.05. The first-order valence-corrected chi connectivity index (χ1v) is 4.12. The molecule has 2 N–H and O–H groups in total. The van der Waals surface area contributed by atoms with Crippen molar-refractivity contribution in [3.05, 3.63) is 35.4 Å². The number of benzene rings is 1. The van der Waals surface area contributed by atoms with Gasteiger partial charge in [0.2, 0.25) is 0 Å². The van der Waals surface area contributed by atoms with Crippen LogP contribution in [0.4, 0.5) is 4.39 Å². The average molecular weight is 167 g/mol. The van der Waals surface area contributed by atoms with Gasteiger partial charge in [0.15, 0.2) is 0 Å². The van der Waals surface area contributed by atoms with Crippen molar-refractivity contribution in [1.29, 1.82) is 0 Å². The summed E-state index contributed by atoms with van der Waals surface area (Å²) in [6, 6.07) is 7.73. The van der Waals surface area contributed by atoms with Crippen molar-refractivity contribution < 1.29 is 4.39 Å². The SMILES string of the molecule is Cc1cccc([C@@H](N)CCF)c1. The van der Waals surface area contributed by atoms with Gasteiger partial charge in [-0.1, -0.05) is 29.8 Å². The molecule has 12 heavy (non-hydrogen) atoms. The Balaban J connectivity index is 2.73. The standard InChI is InChI=1S/C10H14FN/c1-8-3-2-4-9(7-8)10(12)5-6-11/h2-4,7,10H,5-6,12H2,1H3/t10-/m0/s1. The second kappa shape index (κ2) is 4.21. The molecule has 1 aromatic carbocycles. The van der Waals surface area contributed by atoms with E-state index >= 15 is 0 Å². The van der Waals surface area contributed by atoms with E-state index in [0.29, 0.717) is 6.42 Å². The lowest BCUT2D eigenvalue weighted by Gasteiger charge is -2.09. The fourth-order valence-electron chi connectivity index (χ4n) is 1.18. The molecule has 0 saturated heterocycles. The van der Waals surface area contributed by atoms with Crippen LogP contribution in [0.1, 0.15) is 23.6 Å². The Kier molecular flexibility index (Phi) is 3.23. The fraction of sp³-hybridized carbons (Fsp3) is 0.400. The Morgan fingerprint density at radius 2 is 2.25 bits per heavy atom. The highest BCUT2D eigenvalue weighted by Crippen LogP contribution is 2.14. The van der Waals surface area contributed by atoms with Gasteiger partial charge in [0.1, 0.15) is 0 Å². The van der Waals surface area contributed by atoms with E-state index in [1.54, 1.807) is 0 Å². The normalized spacial score (nSPS) is 12.9. The van der Waals surface area contributed by atoms with Crippen molar-refractivity contribution in [1.82, 2.24) is 0 Å². The van der Waals surface area contributed by atoms with Gasteiger partial charge in [-0.25, -0.2) is 0 Å². The fourth-order valence-corrected chi connectivity index (χ4v) is 1.18. The van der Waals surface area contributed by atoms with Gasteiger partial charge in [0.05, 0.1) is 6.67 Å². The minimum atomic E-state index is -0.352. The zero-order chi connectivity index (χ0) is 8.97. The van der Waals surface area contributed by atoms with Crippen LogP contribution < -0.4 is 5.73 Å². The predicted molar refractivity (Wildman–Crippen MR) is 48.7 cm³/mol. The molecule has 0 spiro atoms. The van der Waals surface area contributed by atoms with Crippen LogP contribution in [-0.4, -0.2) is 6.67 Å². The largest absolute Gasteiger partial charge is 0.324 e. The molecule has 0 aromatic heterocycles. The minimum Gasteiger partial charge on any atom is -0.324 e. The summed E-state index contributed by atoms with van der Waals surface area (Å²) in [5, 5.41) is 0. The number of hydrogen-bond acceptors (Lipinski definition) is 1. The van der Waals surface area contributed by atoms with Crippen molar-refractivity contribution in [2.75, 3.05) is 6.67 Å². The molecule has 1 rings (SSSR count). The monoisotopic (exact) mass is 167 g/mol. The zero-order valence-corrected chi connectivity index (χ0v) is 7.26. The Labute approximate surface area is 72.4 Å². The Hall–Kier alpha value is -0.890. The minimum absolute atomic E-state index is 0.158. The van der Waals surface area contributed by atoms with E-state index < -0.39 is 0 Å². The summed E-state index contributed by atoms with van der Waals surface area (Å²) in [7, 11) is 0.